The normalized spacial score (nSPS) is 18.3. The number of aromatic hydroxyl groups is 1. The number of phenols is 1. The maximum atomic E-state index is 12.5. The monoisotopic (exact) mass is 417 g/mol. The van der Waals surface area contributed by atoms with E-state index in [9.17, 15) is 19.5 Å². The number of methoxy groups -OCH3 is 1. The molecular weight excluding hydrogens is 390 g/mol. The average Bonchev–Trinajstić information content (AvgIpc) is 3.30. The van der Waals surface area contributed by atoms with Crippen LogP contribution in [0.2, 0.25) is 0 Å². The second-order valence-corrected chi connectivity index (χ2v) is 7.57. The number of rotatable bonds is 7. The first kappa shape index (κ1) is 21.7. The third kappa shape index (κ3) is 3.86. The summed E-state index contributed by atoms with van der Waals surface area (Å²) in [6, 6.07) is -0.204. The van der Waals surface area contributed by atoms with Crippen molar-refractivity contribution in [3.05, 3.63) is 33.9 Å². The van der Waals surface area contributed by atoms with Crippen molar-refractivity contribution < 1.29 is 33.7 Å². The zero-order valence-electron chi connectivity index (χ0n) is 17.7. The molecule has 1 aromatic rings. The number of amides is 2. The molecule has 0 spiro atoms. The zero-order chi connectivity index (χ0) is 22.0. The number of allylic oxidation sites excluding steroid dienone is 2. The van der Waals surface area contributed by atoms with Crippen molar-refractivity contribution in [3.8, 4) is 11.5 Å². The fraction of sp³-hybridized carbons (Fsp3) is 0.500. The summed E-state index contributed by atoms with van der Waals surface area (Å²) in [7, 11) is 1.52. The van der Waals surface area contributed by atoms with E-state index in [1.807, 2.05) is 26.8 Å². The Morgan fingerprint density at radius 1 is 1.30 bits per heavy atom. The van der Waals surface area contributed by atoms with Crippen LogP contribution in [0.4, 0.5) is 4.79 Å². The Bertz CT molecular complexity index is 919. The number of nitrogens with zero attached hydrogens (tertiary/aromatic N) is 1. The molecule has 2 heterocycles. The van der Waals surface area contributed by atoms with Crippen LogP contribution in [-0.2, 0) is 27.3 Å². The molecule has 0 unspecified atom stereocenters. The van der Waals surface area contributed by atoms with Crippen molar-refractivity contribution in [1.82, 2.24) is 4.90 Å². The van der Waals surface area contributed by atoms with Gasteiger partial charge in [0.15, 0.2) is 0 Å². The minimum Gasteiger partial charge on any atom is -0.507 e. The highest BCUT2D eigenvalue weighted by atomic mass is 16.6. The van der Waals surface area contributed by atoms with Gasteiger partial charge in [0, 0.05) is 17.5 Å². The van der Waals surface area contributed by atoms with Gasteiger partial charge in [0.05, 0.1) is 13.2 Å². The number of esters is 1. The topological polar surface area (TPSA) is 102 Å². The number of hydrogen-bond acceptors (Lipinski definition) is 7. The SMILES string of the molecule is CC[C@H]1COC(=O)N1C(=O)CC/C(C)=C/Cc1c(O)c2c(c(C)c1OC)COC2=O. The number of imide groups is 1. The van der Waals surface area contributed by atoms with Crippen LogP contribution in [0.3, 0.4) is 0 Å². The summed E-state index contributed by atoms with van der Waals surface area (Å²) in [5, 5.41) is 10.7. The lowest BCUT2D eigenvalue weighted by atomic mass is 9.94. The lowest BCUT2D eigenvalue weighted by molar-refractivity contribution is -0.129. The van der Waals surface area contributed by atoms with E-state index in [4.69, 9.17) is 14.2 Å². The Kier molecular flexibility index (Phi) is 6.34. The van der Waals surface area contributed by atoms with Crippen LogP contribution in [0.25, 0.3) is 0 Å². The van der Waals surface area contributed by atoms with Crippen LogP contribution in [0.5, 0.6) is 11.5 Å². The van der Waals surface area contributed by atoms with Gasteiger partial charge in [-0.2, -0.15) is 0 Å². The molecule has 1 saturated heterocycles. The number of phenolic OH excluding ortho intramolecular Hbond substituents is 1. The minimum atomic E-state index is -0.580. The predicted molar refractivity (Wildman–Crippen MR) is 107 cm³/mol. The molecule has 0 radical (unpaired) electrons. The largest absolute Gasteiger partial charge is 0.507 e. The molecule has 0 aromatic heterocycles. The van der Waals surface area contributed by atoms with Gasteiger partial charge in [0.2, 0.25) is 5.91 Å². The van der Waals surface area contributed by atoms with Gasteiger partial charge < -0.3 is 19.3 Å². The van der Waals surface area contributed by atoms with Gasteiger partial charge in [-0.25, -0.2) is 14.5 Å². The maximum Gasteiger partial charge on any atom is 0.416 e. The van der Waals surface area contributed by atoms with Crippen molar-refractivity contribution in [2.45, 2.75) is 59.1 Å². The summed E-state index contributed by atoms with van der Waals surface area (Å²) in [5.74, 6) is -0.395. The van der Waals surface area contributed by atoms with E-state index in [0.717, 1.165) is 11.1 Å². The van der Waals surface area contributed by atoms with Gasteiger partial charge >= 0.3 is 12.1 Å². The first-order valence-corrected chi connectivity index (χ1v) is 10.0. The van der Waals surface area contributed by atoms with Gasteiger partial charge in [-0.1, -0.05) is 18.6 Å². The van der Waals surface area contributed by atoms with Crippen LogP contribution in [-0.4, -0.2) is 47.7 Å². The van der Waals surface area contributed by atoms with E-state index in [0.29, 0.717) is 36.1 Å². The number of benzene rings is 1. The van der Waals surface area contributed by atoms with Gasteiger partial charge in [-0.3, -0.25) is 4.79 Å². The van der Waals surface area contributed by atoms with Crippen LogP contribution in [0, 0.1) is 6.92 Å². The van der Waals surface area contributed by atoms with Crippen molar-refractivity contribution in [3.63, 3.8) is 0 Å². The fourth-order valence-electron chi connectivity index (χ4n) is 3.90. The van der Waals surface area contributed by atoms with Gasteiger partial charge in [-0.15, -0.1) is 0 Å². The molecule has 1 N–H and O–H groups in total. The van der Waals surface area contributed by atoms with Crippen molar-refractivity contribution in [2.24, 2.45) is 0 Å². The van der Waals surface area contributed by atoms with Gasteiger partial charge in [-0.05, 0) is 38.7 Å². The molecule has 3 rings (SSSR count). The third-order valence-electron chi connectivity index (χ3n) is 5.74. The first-order chi connectivity index (χ1) is 14.3. The molecule has 8 heteroatoms. The highest BCUT2D eigenvalue weighted by Crippen LogP contribution is 2.42. The predicted octanol–water partition coefficient (Wildman–Crippen LogP) is 3.41. The second kappa shape index (κ2) is 8.77. The molecule has 1 aromatic carbocycles. The lowest BCUT2D eigenvalue weighted by Crippen LogP contribution is -2.38. The Morgan fingerprint density at radius 3 is 2.70 bits per heavy atom. The van der Waals surface area contributed by atoms with Crippen LogP contribution in [0.15, 0.2) is 11.6 Å². The smallest absolute Gasteiger partial charge is 0.416 e. The van der Waals surface area contributed by atoms with Gasteiger partial charge in [0.1, 0.15) is 30.3 Å². The summed E-state index contributed by atoms with van der Waals surface area (Å²) in [4.78, 5) is 37.4. The highest BCUT2D eigenvalue weighted by molar-refractivity contribution is 5.98. The molecule has 0 aliphatic carbocycles. The standard InChI is InChI=1S/C22H27NO7/c1-5-14-10-30-22(27)23(14)17(24)9-7-12(2)6-8-15-19(25)18-16(11-29-21(18)26)13(3)20(15)28-4/h6,14,25H,5,7-11H2,1-4H3/b12-6+/t14-/m0/s1. The summed E-state index contributed by atoms with van der Waals surface area (Å²) in [6.07, 6.45) is 2.95. The number of hydrogen-bond donors (Lipinski definition) is 1. The molecular formula is C22H27NO7. The summed E-state index contributed by atoms with van der Waals surface area (Å²) < 4.78 is 15.5. The average molecular weight is 417 g/mol. The van der Waals surface area contributed by atoms with Crippen molar-refractivity contribution in [2.75, 3.05) is 13.7 Å². The molecule has 1 fully saturated rings. The highest BCUT2D eigenvalue weighted by Gasteiger charge is 2.36. The molecule has 30 heavy (non-hydrogen) atoms. The molecule has 2 amide bonds. The van der Waals surface area contributed by atoms with Crippen molar-refractivity contribution in [1.29, 1.82) is 0 Å². The van der Waals surface area contributed by atoms with E-state index >= 15 is 0 Å². The minimum absolute atomic E-state index is 0.124. The Labute approximate surface area is 175 Å². The van der Waals surface area contributed by atoms with E-state index in [-0.39, 0.29) is 42.9 Å². The van der Waals surface area contributed by atoms with Crippen LogP contribution < -0.4 is 4.74 Å². The van der Waals surface area contributed by atoms with Gasteiger partial charge in [0.25, 0.3) is 0 Å². The molecule has 0 saturated carbocycles. The number of ether oxygens (including phenoxy) is 3. The molecule has 162 valence electrons. The Balaban J connectivity index is 1.72. The van der Waals surface area contributed by atoms with Crippen LogP contribution in [0.1, 0.15) is 60.2 Å². The summed E-state index contributed by atoms with van der Waals surface area (Å²) >= 11 is 0. The zero-order valence-corrected chi connectivity index (χ0v) is 17.7. The number of cyclic esters (lactones) is 2. The maximum absolute atomic E-state index is 12.5. The second-order valence-electron chi connectivity index (χ2n) is 7.57. The Morgan fingerprint density at radius 2 is 2.03 bits per heavy atom. The third-order valence-corrected chi connectivity index (χ3v) is 5.74. The van der Waals surface area contributed by atoms with E-state index in [2.05, 4.69) is 0 Å². The summed E-state index contributed by atoms with van der Waals surface area (Å²) in [6.45, 7) is 5.99. The number of carbonyl (C=O) groups is 3. The molecule has 2 aliphatic rings. The molecule has 2 aliphatic heterocycles. The quantitative estimate of drug-likeness (QED) is 0.536. The molecule has 0 bridgehead atoms. The number of carbonyl (C=O) groups excluding carboxylic acids is 3. The van der Waals surface area contributed by atoms with E-state index < -0.39 is 12.1 Å². The Hall–Kier alpha value is -3.03. The van der Waals surface area contributed by atoms with E-state index in [1.54, 1.807) is 0 Å². The van der Waals surface area contributed by atoms with Crippen molar-refractivity contribution >= 4 is 18.0 Å². The van der Waals surface area contributed by atoms with Crippen LogP contribution >= 0.6 is 0 Å². The molecule has 8 nitrogen and oxygen atoms in total. The van der Waals surface area contributed by atoms with E-state index in [1.165, 1.54) is 12.0 Å². The number of fused-ring (bicyclic) bond motifs is 1. The fourth-order valence-corrected chi connectivity index (χ4v) is 3.90. The summed E-state index contributed by atoms with van der Waals surface area (Å²) in [5.41, 5.74) is 3.04. The lowest BCUT2D eigenvalue weighted by Gasteiger charge is -2.18. The molecule has 1 atom stereocenters. The first-order valence-electron chi connectivity index (χ1n) is 10.0.